The zero-order valence-corrected chi connectivity index (χ0v) is 13.3. The number of nitrogens with one attached hydrogen (secondary N) is 1. The van der Waals surface area contributed by atoms with Crippen LogP contribution in [0.5, 0.6) is 0 Å². The van der Waals surface area contributed by atoms with E-state index in [1.165, 1.54) is 48.3 Å². The average molecular weight is 332 g/mol. The first-order valence-electron chi connectivity index (χ1n) is 6.83. The van der Waals surface area contributed by atoms with E-state index in [2.05, 4.69) is 34.2 Å². The van der Waals surface area contributed by atoms with Crippen molar-refractivity contribution < 1.29 is 5.11 Å². The monoisotopic (exact) mass is 331 g/mol. The number of hydrogen-bond donors (Lipinski definition) is 2. The lowest BCUT2D eigenvalue weighted by Crippen LogP contribution is -2.34. The van der Waals surface area contributed by atoms with Crippen molar-refractivity contribution in [2.75, 3.05) is 6.61 Å². The highest BCUT2D eigenvalue weighted by molar-refractivity contribution is 9.10. The molecule has 1 saturated carbocycles. The number of hydrogen-bond acceptors (Lipinski definition) is 3. The minimum atomic E-state index is 0.100. The van der Waals surface area contributed by atoms with Crippen molar-refractivity contribution in [2.24, 2.45) is 0 Å². The second-order valence-electron chi connectivity index (χ2n) is 5.14. The largest absolute Gasteiger partial charge is 0.394 e. The fraction of sp³-hybridized carbons (Fsp3) is 0.714. The van der Waals surface area contributed by atoms with Gasteiger partial charge in [-0.15, -0.1) is 11.3 Å². The number of aryl methyl sites for hydroxylation is 1. The number of thiophene rings is 1. The molecule has 1 aliphatic rings. The molecule has 1 aromatic rings. The van der Waals surface area contributed by atoms with Crippen LogP contribution in [0.2, 0.25) is 0 Å². The van der Waals surface area contributed by atoms with Gasteiger partial charge in [-0.2, -0.15) is 0 Å². The van der Waals surface area contributed by atoms with Crippen LogP contribution in [0.3, 0.4) is 0 Å². The fourth-order valence-electron chi connectivity index (χ4n) is 2.61. The van der Waals surface area contributed by atoms with E-state index in [0.29, 0.717) is 6.04 Å². The summed E-state index contributed by atoms with van der Waals surface area (Å²) in [7, 11) is 0. The van der Waals surface area contributed by atoms with E-state index < -0.39 is 0 Å². The highest BCUT2D eigenvalue weighted by atomic mass is 79.9. The molecule has 2 N–H and O–H groups in total. The Balaban J connectivity index is 1.99. The van der Waals surface area contributed by atoms with Gasteiger partial charge < -0.3 is 10.4 Å². The van der Waals surface area contributed by atoms with Crippen LogP contribution in [0, 0.1) is 6.92 Å². The van der Waals surface area contributed by atoms with Gasteiger partial charge in [0, 0.05) is 20.3 Å². The smallest absolute Gasteiger partial charge is 0.0652 e. The van der Waals surface area contributed by atoms with E-state index >= 15 is 0 Å². The summed E-state index contributed by atoms with van der Waals surface area (Å²) < 4.78 is 1.16. The second kappa shape index (κ2) is 7.04. The van der Waals surface area contributed by atoms with Crippen LogP contribution < -0.4 is 5.32 Å². The number of aliphatic hydroxyl groups excluding tert-OH is 1. The minimum absolute atomic E-state index is 0.100. The Labute approximate surface area is 122 Å². The Hall–Kier alpha value is 0.100. The van der Waals surface area contributed by atoms with Crippen molar-refractivity contribution in [2.45, 2.75) is 57.5 Å². The molecule has 1 unspecified atom stereocenters. The van der Waals surface area contributed by atoms with Crippen molar-refractivity contribution in [1.82, 2.24) is 5.32 Å². The summed E-state index contributed by atoms with van der Waals surface area (Å²) in [5, 5.41) is 13.3. The quantitative estimate of drug-likeness (QED) is 0.811. The molecule has 0 radical (unpaired) electrons. The molecule has 0 spiro atoms. The van der Waals surface area contributed by atoms with Crippen molar-refractivity contribution >= 4 is 27.3 Å². The van der Waals surface area contributed by atoms with Gasteiger partial charge in [-0.05, 0) is 41.8 Å². The number of rotatable bonds is 4. The average Bonchev–Trinajstić information content (AvgIpc) is 2.59. The van der Waals surface area contributed by atoms with Gasteiger partial charge in [-0.3, -0.25) is 0 Å². The summed E-state index contributed by atoms with van der Waals surface area (Å²) in [6, 6.07) is 2.82. The predicted molar refractivity (Wildman–Crippen MR) is 81.2 cm³/mol. The van der Waals surface area contributed by atoms with Gasteiger partial charge in [0.05, 0.1) is 12.6 Å². The zero-order valence-electron chi connectivity index (χ0n) is 10.9. The van der Waals surface area contributed by atoms with Crippen LogP contribution in [0.4, 0.5) is 0 Å². The first-order chi connectivity index (χ1) is 8.70. The minimum Gasteiger partial charge on any atom is -0.394 e. The lowest BCUT2D eigenvalue weighted by atomic mass is 10.1. The van der Waals surface area contributed by atoms with Crippen molar-refractivity contribution in [3.05, 3.63) is 20.3 Å². The van der Waals surface area contributed by atoms with E-state index in [1.54, 1.807) is 11.3 Å². The van der Waals surface area contributed by atoms with E-state index in [9.17, 15) is 5.11 Å². The topological polar surface area (TPSA) is 32.3 Å². The van der Waals surface area contributed by atoms with Gasteiger partial charge in [-0.1, -0.05) is 25.7 Å². The Morgan fingerprint density at radius 3 is 2.56 bits per heavy atom. The summed E-state index contributed by atoms with van der Waals surface area (Å²) in [6.07, 6.45) is 7.88. The van der Waals surface area contributed by atoms with Gasteiger partial charge in [0.1, 0.15) is 0 Å². The van der Waals surface area contributed by atoms with Crippen LogP contribution in [-0.4, -0.2) is 17.8 Å². The highest BCUT2D eigenvalue weighted by Crippen LogP contribution is 2.31. The van der Waals surface area contributed by atoms with Crippen LogP contribution in [0.15, 0.2) is 10.5 Å². The van der Waals surface area contributed by atoms with Gasteiger partial charge in [0.2, 0.25) is 0 Å². The molecule has 102 valence electrons. The molecule has 1 aliphatic carbocycles. The lowest BCUT2D eigenvalue weighted by Gasteiger charge is -2.22. The van der Waals surface area contributed by atoms with Crippen molar-refractivity contribution in [1.29, 1.82) is 0 Å². The maximum atomic E-state index is 9.61. The van der Waals surface area contributed by atoms with Gasteiger partial charge in [0.15, 0.2) is 0 Å². The van der Waals surface area contributed by atoms with Gasteiger partial charge in [0.25, 0.3) is 0 Å². The van der Waals surface area contributed by atoms with Gasteiger partial charge in [-0.25, -0.2) is 0 Å². The lowest BCUT2D eigenvalue weighted by molar-refractivity contribution is 0.230. The molecule has 1 atom stereocenters. The predicted octanol–water partition coefficient (Wildman–Crippen LogP) is 4.16. The molecule has 1 aromatic heterocycles. The van der Waals surface area contributed by atoms with Crippen molar-refractivity contribution in [3.8, 4) is 0 Å². The summed E-state index contributed by atoms with van der Waals surface area (Å²) in [6.45, 7) is 2.29. The molecule has 4 heteroatoms. The first-order valence-corrected chi connectivity index (χ1v) is 8.44. The fourth-order valence-corrected chi connectivity index (χ4v) is 4.22. The maximum Gasteiger partial charge on any atom is 0.0652 e. The molecular weight excluding hydrogens is 310 g/mol. The molecule has 0 aliphatic heterocycles. The molecular formula is C14H22BrNOS. The summed E-state index contributed by atoms with van der Waals surface area (Å²) in [5.74, 6) is 0. The third-order valence-electron chi connectivity index (χ3n) is 3.69. The van der Waals surface area contributed by atoms with Crippen LogP contribution in [-0.2, 0) is 0 Å². The molecule has 2 rings (SSSR count). The Morgan fingerprint density at radius 1 is 1.39 bits per heavy atom. The maximum absolute atomic E-state index is 9.61. The summed E-state index contributed by atoms with van der Waals surface area (Å²) >= 11 is 5.32. The molecule has 2 nitrogen and oxygen atoms in total. The van der Waals surface area contributed by atoms with Gasteiger partial charge >= 0.3 is 0 Å². The van der Waals surface area contributed by atoms with E-state index in [0.717, 1.165) is 4.47 Å². The molecule has 18 heavy (non-hydrogen) atoms. The van der Waals surface area contributed by atoms with Crippen LogP contribution in [0.1, 0.15) is 54.3 Å². The Kier molecular flexibility index (Phi) is 5.67. The molecule has 0 amide bonds. The number of halogens is 1. The second-order valence-corrected chi connectivity index (χ2v) is 7.29. The molecule has 1 fully saturated rings. The highest BCUT2D eigenvalue weighted by Gasteiger charge is 2.19. The third-order valence-corrected chi connectivity index (χ3v) is 5.94. The summed E-state index contributed by atoms with van der Waals surface area (Å²) in [5.41, 5.74) is 0. The zero-order chi connectivity index (χ0) is 13.0. The van der Waals surface area contributed by atoms with Crippen LogP contribution >= 0.6 is 27.3 Å². The number of aliphatic hydroxyl groups is 1. The van der Waals surface area contributed by atoms with E-state index in [4.69, 9.17) is 0 Å². The molecule has 0 aromatic carbocycles. The third kappa shape index (κ3) is 3.80. The molecule has 0 bridgehead atoms. The molecule has 0 saturated heterocycles. The first kappa shape index (κ1) is 14.5. The Bertz CT molecular complexity index is 352. The molecule has 1 heterocycles. The normalized spacial score (nSPS) is 19.7. The van der Waals surface area contributed by atoms with Crippen LogP contribution in [0.25, 0.3) is 0 Å². The van der Waals surface area contributed by atoms with Crippen molar-refractivity contribution in [3.63, 3.8) is 0 Å². The SMILES string of the molecule is Cc1sc(C(CO)NC2CCCCCC2)cc1Br. The summed E-state index contributed by atoms with van der Waals surface area (Å²) in [4.78, 5) is 2.53. The van der Waals surface area contributed by atoms with E-state index in [1.807, 2.05) is 0 Å². The standard InChI is InChI=1S/C14H22BrNOS/c1-10-12(15)8-14(18-10)13(9-17)16-11-6-4-2-3-5-7-11/h8,11,13,16-17H,2-7,9H2,1H3. The Morgan fingerprint density at radius 2 is 2.06 bits per heavy atom. The van der Waals surface area contributed by atoms with E-state index in [-0.39, 0.29) is 12.6 Å².